The van der Waals surface area contributed by atoms with Crippen LogP contribution in [0.25, 0.3) is 0 Å². The summed E-state index contributed by atoms with van der Waals surface area (Å²) in [6.07, 6.45) is 2.23. The average molecular weight is 129 g/mol. The van der Waals surface area contributed by atoms with Gasteiger partial charge in [0, 0.05) is 6.54 Å². The normalized spacial score (nSPS) is 32.7. The molecule has 1 heterocycles. The number of ether oxygens (including phenoxy) is 1. The maximum absolute atomic E-state index is 5.20. The Balaban J connectivity index is 1.83. The van der Waals surface area contributed by atoms with Crippen molar-refractivity contribution in [3.05, 3.63) is 0 Å². The first-order chi connectivity index (χ1) is 4.34. The minimum atomic E-state index is 0.509. The lowest BCUT2D eigenvalue weighted by atomic mass is 10.3. The first kappa shape index (κ1) is 7.03. The highest BCUT2D eigenvalue weighted by atomic mass is 16.6. The molecule has 2 nitrogen and oxygen atoms in total. The van der Waals surface area contributed by atoms with Gasteiger partial charge in [0.2, 0.25) is 0 Å². The molecule has 2 unspecified atom stereocenters. The lowest BCUT2D eigenvalue weighted by molar-refractivity contribution is 0.371. The van der Waals surface area contributed by atoms with Gasteiger partial charge >= 0.3 is 0 Å². The van der Waals surface area contributed by atoms with Gasteiger partial charge in [-0.3, -0.25) is 0 Å². The zero-order chi connectivity index (χ0) is 6.69. The van der Waals surface area contributed by atoms with Crippen LogP contribution in [0.4, 0.5) is 0 Å². The van der Waals surface area contributed by atoms with Crippen molar-refractivity contribution in [1.82, 2.24) is 5.32 Å². The molecule has 0 amide bonds. The third-order valence-electron chi connectivity index (χ3n) is 1.61. The van der Waals surface area contributed by atoms with Crippen LogP contribution in [0.3, 0.4) is 0 Å². The molecule has 0 bridgehead atoms. The van der Waals surface area contributed by atoms with Crippen LogP contribution in [0.2, 0.25) is 0 Å². The lowest BCUT2D eigenvalue weighted by Crippen LogP contribution is -2.20. The number of epoxide rings is 1. The van der Waals surface area contributed by atoms with Gasteiger partial charge in [0.1, 0.15) is 0 Å². The molecule has 1 N–H and O–H groups in total. The van der Waals surface area contributed by atoms with E-state index in [9.17, 15) is 0 Å². The highest BCUT2D eigenvalue weighted by molar-refractivity contribution is 4.81. The van der Waals surface area contributed by atoms with E-state index in [0.717, 1.165) is 13.1 Å². The minimum Gasteiger partial charge on any atom is -0.369 e. The van der Waals surface area contributed by atoms with E-state index in [2.05, 4.69) is 19.2 Å². The first-order valence-electron chi connectivity index (χ1n) is 3.70. The Morgan fingerprint density at radius 1 is 1.56 bits per heavy atom. The zero-order valence-electron chi connectivity index (χ0n) is 6.18. The highest BCUT2D eigenvalue weighted by Crippen LogP contribution is 2.19. The lowest BCUT2D eigenvalue weighted by Gasteiger charge is -1.96. The maximum atomic E-state index is 5.20. The molecule has 0 aromatic rings. The second-order valence-electron chi connectivity index (χ2n) is 2.58. The third-order valence-corrected chi connectivity index (χ3v) is 1.61. The molecule has 2 heteroatoms. The minimum absolute atomic E-state index is 0.509. The topological polar surface area (TPSA) is 24.6 Å². The molecule has 0 aromatic heterocycles. The van der Waals surface area contributed by atoms with Gasteiger partial charge in [0.25, 0.3) is 0 Å². The molecular formula is C7H15NO. The molecule has 54 valence electrons. The Hall–Kier alpha value is -0.0800. The molecule has 0 radical (unpaired) electrons. The van der Waals surface area contributed by atoms with Crippen molar-refractivity contribution in [3.8, 4) is 0 Å². The second-order valence-corrected chi connectivity index (χ2v) is 2.58. The van der Waals surface area contributed by atoms with Crippen molar-refractivity contribution in [2.75, 3.05) is 13.1 Å². The van der Waals surface area contributed by atoms with Crippen molar-refractivity contribution in [1.29, 1.82) is 0 Å². The summed E-state index contributed by atoms with van der Waals surface area (Å²) >= 11 is 0. The Kier molecular flexibility index (Phi) is 2.49. The summed E-state index contributed by atoms with van der Waals surface area (Å²) in [5, 5.41) is 3.30. The smallest absolute Gasteiger partial charge is 0.0962 e. The predicted octanol–water partition coefficient (Wildman–Crippen LogP) is 0.773. The van der Waals surface area contributed by atoms with Gasteiger partial charge in [-0.05, 0) is 19.9 Å². The predicted molar refractivity (Wildman–Crippen MR) is 37.5 cm³/mol. The Bertz CT molecular complexity index is 85.0. The van der Waals surface area contributed by atoms with Gasteiger partial charge in [-0.25, -0.2) is 0 Å². The monoisotopic (exact) mass is 129 g/mol. The molecule has 0 spiro atoms. The maximum Gasteiger partial charge on any atom is 0.0962 e. The molecule has 9 heavy (non-hydrogen) atoms. The summed E-state index contributed by atoms with van der Waals surface area (Å²) in [6, 6.07) is 0. The van der Waals surface area contributed by atoms with Gasteiger partial charge in [-0.2, -0.15) is 0 Å². The van der Waals surface area contributed by atoms with E-state index < -0.39 is 0 Å². The van der Waals surface area contributed by atoms with E-state index in [1.807, 2.05) is 0 Å². The van der Waals surface area contributed by atoms with Gasteiger partial charge in [0.05, 0.1) is 12.2 Å². The third kappa shape index (κ3) is 2.33. The Labute approximate surface area is 56.6 Å². The van der Waals surface area contributed by atoms with Gasteiger partial charge in [0.15, 0.2) is 0 Å². The molecule has 2 atom stereocenters. The SMILES string of the molecule is CCCNCC1OC1C. The molecule has 0 aliphatic carbocycles. The summed E-state index contributed by atoms with van der Waals surface area (Å²) in [6.45, 7) is 6.43. The quantitative estimate of drug-likeness (QED) is 0.448. The second kappa shape index (κ2) is 3.18. The molecule has 1 saturated heterocycles. The van der Waals surface area contributed by atoms with Crippen LogP contribution in [0.5, 0.6) is 0 Å². The summed E-state index contributed by atoms with van der Waals surface area (Å²) < 4.78 is 5.20. The Morgan fingerprint density at radius 2 is 2.22 bits per heavy atom. The fourth-order valence-corrected chi connectivity index (χ4v) is 0.866. The average Bonchev–Trinajstić information content (AvgIpc) is 2.48. The van der Waals surface area contributed by atoms with Crippen LogP contribution in [0.15, 0.2) is 0 Å². The van der Waals surface area contributed by atoms with Crippen molar-refractivity contribution < 1.29 is 4.74 Å². The van der Waals surface area contributed by atoms with Crippen LogP contribution in [0, 0.1) is 0 Å². The number of rotatable bonds is 4. The van der Waals surface area contributed by atoms with Crippen LogP contribution in [0.1, 0.15) is 20.3 Å². The van der Waals surface area contributed by atoms with Crippen LogP contribution < -0.4 is 5.32 Å². The van der Waals surface area contributed by atoms with Gasteiger partial charge in [-0.15, -0.1) is 0 Å². The summed E-state index contributed by atoms with van der Waals surface area (Å²) in [4.78, 5) is 0. The number of hydrogen-bond acceptors (Lipinski definition) is 2. The Morgan fingerprint density at radius 3 is 2.67 bits per heavy atom. The molecule has 1 fully saturated rings. The van der Waals surface area contributed by atoms with Crippen molar-refractivity contribution in [3.63, 3.8) is 0 Å². The van der Waals surface area contributed by atoms with Crippen molar-refractivity contribution >= 4 is 0 Å². The molecule has 0 aromatic carbocycles. The molecule has 1 aliphatic rings. The van der Waals surface area contributed by atoms with E-state index in [1.165, 1.54) is 6.42 Å². The van der Waals surface area contributed by atoms with Crippen LogP contribution in [-0.4, -0.2) is 25.3 Å². The zero-order valence-corrected chi connectivity index (χ0v) is 6.18. The van der Waals surface area contributed by atoms with Gasteiger partial charge in [-0.1, -0.05) is 6.92 Å². The molecular weight excluding hydrogens is 114 g/mol. The van der Waals surface area contributed by atoms with E-state index >= 15 is 0 Å². The fraction of sp³-hybridized carbons (Fsp3) is 1.00. The largest absolute Gasteiger partial charge is 0.369 e. The highest BCUT2D eigenvalue weighted by Gasteiger charge is 2.32. The standard InChI is InChI=1S/C7H15NO/c1-3-4-8-5-7-6(2)9-7/h6-8H,3-5H2,1-2H3. The summed E-state index contributed by atoms with van der Waals surface area (Å²) in [7, 11) is 0. The van der Waals surface area contributed by atoms with Crippen molar-refractivity contribution in [2.45, 2.75) is 32.5 Å². The number of hydrogen-bond donors (Lipinski definition) is 1. The van der Waals surface area contributed by atoms with Crippen molar-refractivity contribution in [2.24, 2.45) is 0 Å². The molecule has 0 saturated carbocycles. The van der Waals surface area contributed by atoms with Crippen LogP contribution >= 0.6 is 0 Å². The van der Waals surface area contributed by atoms with E-state index in [4.69, 9.17) is 4.74 Å². The summed E-state index contributed by atoms with van der Waals surface area (Å²) in [5.41, 5.74) is 0. The van der Waals surface area contributed by atoms with E-state index in [-0.39, 0.29) is 0 Å². The van der Waals surface area contributed by atoms with E-state index in [1.54, 1.807) is 0 Å². The first-order valence-corrected chi connectivity index (χ1v) is 3.70. The number of nitrogens with one attached hydrogen (secondary N) is 1. The fourth-order valence-electron chi connectivity index (χ4n) is 0.866. The molecule has 1 aliphatic heterocycles. The van der Waals surface area contributed by atoms with E-state index in [0.29, 0.717) is 12.2 Å². The van der Waals surface area contributed by atoms with Crippen LogP contribution in [-0.2, 0) is 4.74 Å². The summed E-state index contributed by atoms with van der Waals surface area (Å²) in [5.74, 6) is 0. The van der Waals surface area contributed by atoms with Gasteiger partial charge < -0.3 is 10.1 Å². The molecule has 1 rings (SSSR count).